The van der Waals surface area contributed by atoms with E-state index in [1.807, 2.05) is 17.9 Å². The Bertz CT molecular complexity index is 740. The van der Waals surface area contributed by atoms with E-state index >= 15 is 0 Å². The zero-order valence-electron chi connectivity index (χ0n) is 12.9. The van der Waals surface area contributed by atoms with Crippen LogP contribution in [0.2, 0.25) is 0 Å². The maximum atomic E-state index is 12.9. The van der Waals surface area contributed by atoms with E-state index in [0.717, 1.165) is 37.3 Å². The molecule has 0 spiro atoms. The average Bonchev–Trinajstić information content (AvgIpc) is 3.31. The molecule has 1 fully saturated rings. The van der Waals surface area contributed by atoms with Gasteiger partial charge in [0.1, 0.15) is 0 Å². The zero-order valence-corrected chi connectivity index (χ0v) is 12.9. The van der Waals surface area contributed by atoms with Crippen LogP contribution in [0.5, 0.6) is 11.5 Å². The summed E-state index contributed by atoms with van der Waals surface area (Å²) >= 11 is 0. The second-order valence-electron chi connectivity index (χ2n) is 5.80. The van der Waals surface area contributed by atoms with E-state index < -0.39 is 0 Å². The number of amides is 1. The lowest BCUT2D eigenvalue weighted by Gasteiger charge is -2.22. The highest BCUT2D eigenvalue weighted by molar-refractivity contribution is 5.95. The highest BCUT2D eigenvalue weighted by Crippen LogP contribution is 2.36. The summed E-state index contributed by atoms with van der Waals surface area (Å²) in [7, 11) is 0. The Kier molecular flexibility index (Phi) is 3.44. The summed E-state index contributed by atoms with van der Waals surface area (Å²) in [5, 5.41) is 4.04. The van der Waals surface area contributed by atoms with Gasteiger partial charge in [-0.05, 0) is 37.5 Å². The van der Waals surface area contributed by atoms with Crippen molar-refractivity contribution in [2.45, 2.75) is 32.2 Å². The standard InChI is InChI=1S/C17H18N2O4/c1-2-12-9-15(23-18-12)13-4-3-7-19(13)17(20)11-5-6-14-16(8-11)22-10-21-14/h5-6,8-9,13H,2-4,7,10H2,1H3/t13-/m1/s1. The predicted molar refractivity (Wildman–Crippen MR) is 81.5 cm³/mol. The Morgan fingerprint density at radius 3 is 3.00 bits per heavy atom. The van der Waals surface area contributed by atoms with Crippen molar-refractivity contribution in [2.75, 3.05) is 13.3 Å². The molecule has 0 N–H and O–H groups in total. The lowest BCUT2D eigenvalue weighted by atomic mass is 10.1. The van der Waals surface area contributed by atoms with Crippen molar-refractivity contribution in [2.24, 2.45) is 0 Å². The van der Waals surface area contributed by atoms with Gasteiger partial charge in [0.2, 0.25) is 6.79 Å². The monoisotopic (exact) mass is 314 g/mol. The normalized spacial score (nSPS) is 19.3. The van der Waals surface area contributed by atoms with Crippen molar-refractivity contribution in [1.29, 1.82) is 0 Å². The van der Waals surface area contributed by atoms with Crippen LogP contribution in [0.1, 0.15) is 47.6 Å². The van der Waals surface area contributed by atoms with Gasteiger partial charge in [-0.25, -0.2) is 0 Å². The first-order valence-electron chi connectivity index (χ1n) is 7.92. The first-order valence-corrected chi connectivity index (χ1v) is 7.92. The predicted octanol–water partition coefficient (Wildman–Crippen LogP) is 2.94. The molecule has 6 heteroatoms. The number of fused-ring (bicyclic) bond motifs is 1. The molecule has 2 aromatic rings. The second-order valence-corrected chi connectivity index (χ2v) is 5.80. The van der Waals surface area contributed by atoms with Crippen LogP contribution in [0.4, 0.5) is 0 Å². The Labute approximate surface area is 134 Å². The molecule has 4 rings (SSSR count). The van der Waals surface area contributed by atoms with Gasteiger partial charge in [-0.2, -0.15) is 0 Å². The molecule has 120 valence electrons. The summed E-state index contributed by atoms with van der Waals surface area (Å²) in [5.74, 6) is 2.07. The van der Waals surface area contributed by atoms with Crippen LogP contribution >= 0.6 is 0 Å². The summed E-state index contributed by atoms with van der Waals surface area (Å²) in [6.07, 6.45) is 2.68. The number of aromatic nitrogens is 1. The van der Waals surface area contributed by atoms with Crippen LogP contribution in [0.25, 0.3) is 0 Å². The molecule has 2 aliphatic heterocycles. The molecule has 0 saturated carbocycles. The Morgan fingerprint density at radius 1 is 1.30 bits per heavy atom. The van der Waals surface area contributed by atoms with Crippen molar-refractivity contribution in [1.82, 2.24) is 10.1 Å². The lowest BCUT2D eigenvalue weighted by molar-refractivity contribution is 0.0714. The molecule has 1 amide bonds. The summed E-state index contributed by atoms with van der Waals surface area (Å²) in [6.45, 7) is 2.96. The van der Waals surface area contributed by atoms with E-state index in [0.29, 0.717) is 17.1 Å². The van der Waals surface area contributed by atoms with Gasteiger partial charge in [-0.3, -0.25) is 4.79 Å². The highest BCUT2D eigenvalue weighted by Gasteiger charge is 2.33. The Morgan fingerprint density at radius 2 is 2.17 bits per heavy atom. The summed E-state index contributed by atoms with van der Waals surface area (Å²) < 4.78 is 16.1. The van der Waals surface area contributed by atoms with E-state index in [-0.39, 0.29) is 18.7 Å². The number of nitrogens with zero attached hydrogens (tertiary/aromatic N) is 2. The number of hydrogen-bond acceptors (Lipinski definition) is 5. The molecule has 1 atom stereocenters. The third-order valence-corrected chi connectivity index (χ3v) is 4.40. The molecule has 2 aliphatic rings. The number of carbonyl (C=O) groups excluding carboxylic acids is 1. The van der Waals surface area contributed by atoms with Gasteiger partial charge in [0, 0.05) is 18.2 Å². The van der Waals surface area contributed by atoms with Crippen molar-refractivity contribution in [3.05, 3.63) is 41.3 Å². The minimum absolute atomic E-state index is 0.0137. The maximum absolute atomic E-state index is 12.9. The van der Waals surface area contributed by atoms with Crippen LogP contribution in [-0.4, -0.2) is 29.3 Å². The average molecular weight is 314 g/mol. The number of benzene rings is 1. The molecule has 1 aromatic heterocycles. The highest BCUT2D eigenvalue weighted by atomic mass is 16.7. The third kappa shape index (κ3) is 2.44. The molecule has 1 saturated heterocycles. The van der Waals surface area contributed by atoms with E-state index in [1.54, 1.807) is 18.2 Å². The van der Waals surface area contributed by atoms with Gasteiger partial charge in [0.15, 0.2) is 17.3 Å². The number of ether oxygens (including phenoxy) is 2. The number of hydrogen-bond donors (Lipinski definition) is 0. The molecule has 0 bridgehead atoms. The molecule has 3 heterocycles. The van der Waals surface area contributed by atoms with Crippen molar-refractivity contribution >= 4 is 5.91 Å². The first kappa shape index (κ1) is 14.1. The van der Waals surface area contributed by atoms with Gasteiger partial charge in [-0.1, -0.05) is 12.1 Å². The largest absolute Gasteiger partial charge is 0.454 e. The topological polar surface area (TPSA) is 64.8 Å². The third-order valence-electron chi connectivity index (χ3n) is 4.40. The Balaban J connectivity index is 1.59. The number of rotatable bonds is 3. The quantitative estimate of drug-likeness (QED) is 0.871. The van der Waals surface area contributed by atoms with E-state index in [2.05, 4.69) is 5.16 Å². The molecular formula is C17H18N2O4. The van der Waals surface area contributed by atoms with E-state index in [1.165, 1.54) is 0 Å². The lowest BCUT2D eigenvalue weighted by Crippen LogP contribution is -2.30. The fourth-order valence-electron chi connectivity index (χ4n) is 3.15. The maximum Gasteiger partial charge on any atom is 0.254 e. The van der Waals surface area contributed by atoms with Crippen LogP contribution in [-0.2, 0) is 6.42 Å². The fourth-order valence-corrected chi connectivity index (χ4v) is 3.15. The smallest absolute Gasteiger partial charge is 0.254 e. The zero-order chi connectivity index (χ0) is 15.8. The first-order chi connectivity index (χ1) is 11.3. The molecular weight excluding hydrogens is 296 g/mol. The summed E-state index contributed by atoms with van der Waals surface area (Å²) in [4.78, 5) is 14.7. The summed E-state index contributed by atoms with van der Waals surface area (Å²) in [6, 6.07) is 7.22. The minimum atomic E-state index is -0.0410. The van der Waals surface area contributed by atoms with Crippen LogP contribution in [0.3, 0.4) is 0 Å². The van der Waals surface area contributed by atoms with Gasteiger partial charge in [0.05, 0.1) is 11.7 Å². The van der Waals surface area contributed by atoms with Crippen molar-refractivity contribution < 1.29 is 18.8 Å². The van der Waals surface area contributed by atoms with Crippen LogP contribution < -0.4 is 9.47 Å². The van der Waals surface area contributed by atoms with Gasteiger partial charge in [0.25, 0.3) is 5.91 Å². The van der Waals surface area contributed by atoms with Gasteiger partial charge in [-0.15, -0.1) is 0 Å². The van der Waals surface area contributed by atoms with Gasteiger partial charge < -0.3 is 18.9 Å². The fraction of sp³-hybridized carbons (Fsp3) is 0.412. The van der Waals surface area contributed by atoms with Crippen LogP contribution in [0.15, 0.2) is 28.8 Å². The summed E-state index contributed by atoms with van der Waals surface area (Å²) in [5.41, 5.74) is 1.53. The van der Waals surface area contributed by atoms with Crippen molar-refractivity contribution in [3.8, 4) is 11.5 Å². The van der Waals surface area contributed by atoms with Crippen molar-refractivity contribution in [3.63, 3.8) is 0 Å². The van der Waals surface area contributed by atoms with E-state index in [4.69, 9.17) is 14.0 Å². The molecule has 1 aromatic carbocycles. The van der Waals surface area contributed by atoms with E-state index in [9.17, 15) is 4.79 Å². The number of aryl methyl sites for hydroxylation is 1. The molecule has 0 unspecified atom stereocenters. The molecule has 23 heavy (non-hydrogen) atoms. The Hall–Kier alpha value is -2.50. The van der Waals surface area contributed by atoms with Gasteiger partial charge >= 0.3 is 0 Å². The number of likely N-dealkylation sites (tertiary alicyclic amines) is 1. The number of carbonyl (C=O) groups is 1. The minimum Gasteiger partial charge on any atom is -0.454 e. The molecule has 6 nitrogen and oxygen atoms in total. The second kappa shape index (κ2) is 5.61. The van der Waals surface area contributed by atoms with Crippen LogP contribution in [0, 0.1) is 0 Å². The molecule has 0 aliphatic carbocycles. The SMILES string of the molecule is CCc1cc([C@H]2CCCN2C(=O)c2ccc3c(c2)OCO3)on1. The molecule has 0 radical (unpaired) electrons.